The Balaban J connectivity index is 2.95. The third kappa shape index (κ3) is 9.94. The smallest absolute Gasteiger partial charge is 0.188 e. The van der Waals surface area contributed by atoms with Gasteiger partial charge >= 0.3 is 0 Å². The number of thioether (sulfide) groups is 1. The van der Waals surface area contributed by atoms with Crippen LogP contribution < -0.4 is 0 Å². The lowest BCUT2D eigenvalue weighted by molar-refractivity contribution is -0.111. The largest absolute Gasteiger partial charge is 0.287 e. The molecule has 0 aromatic carbocycles. The molecule has 0 fully saturated rings. The lowest BCUT2D eigenvalue weighted by Gasteiger charge is -1.99. The molecule has 0 aromatic heterocycles. The van der Waals surface area contributed by atoms with Crippen LogP contribution in [0.2, 0.25) is 0 Å². The van der Waals surface area contributed by atoms with Crippen molar-refractivity contribution >= 4 is 16.9 Å². The van der Waals surface area contributed by atoms with Gasteiger partial charge in [0.1, 0.15) is 0 Å². The SMILES string of the molecule is CCCCCCCCCC(=O)SC. The summed E-state index contributed by atoms with van der Waals surface area (Å²) < 4.78 is 0. The van der Waals surface area contributed by atoms with Crippen LogP contribution in [0.3, 0.4) is 0 Å². The summed E-state index contributed by atoms with van der Waals surface area (Å²) in [7, 11) is 0. The fourth-order valence-corrected chi connectivity index (χ4v) is 1.68. The summed E-state index contributed by atoms with van der Waals surface area (Å²) in [6, 6.07) is 0. The van der Waals surface area contributed by atoms with Gasteiger partial charge in [-0.2, -0.15) is 0 Å². The summed E-state index contributed by atoms with van der Waals surface area (Å²) in [5, 5.41) is 0.341. The molecule has 2 heteroatoms. The number of carbonyl (C=O) groups excluding carboxylic acids is 1. The zero-order valence-electron chi connectivity index (χ0n) is 8.97. The Hall–Kier alpha value is 0.0200. The zero-order valence-corrected chi connectivity index (χ0v) is 9.79. The minimum absolute atomic E-state index is 0.341. The monoisotopic (exact) mass is 202 g/mol. The molecule has 0 radical (unpaired) electrons. The highest BCUT2D eigenvalue weighted by atomic mass is 32.2. The van der Waals surface area contributed by atoms with Gasteiger partial charge in [0, 0.05) is 6.42 Å². The molecule has 0 aliphatic rings. The van der Waals surface area contributed by atoms with Crippen LogP contribution in [0.5, 0.6) is 0 Å². The van der Waals surface area contributed by atoms with Crippen molar-refractivity contribution in [3.8, 4) is 0 Å². The molecule has 0 aliphatic carbocycles. The molecule has 0 aliphatic heterocycles. The van der Waals surface area contributed by atoms with Crippen LogP contribution in [0.4, 0.5) is 0 Å². The van der Waals surface area contributed by atoms with Crippen molar-refractivity contribution in [1.82, 2.24) is 0 Å². The van der Waals surface area contributed by atoms with E-state index in [-0.39, 0.29) is 0 Å². The highest BCUT2D eigenvalue weighted by Gasteiger charge is 1.97. The van der Waals surface area contributed by atoms with Crippen molar-refractivity contribution in [2.75, 3.05) is 6.26 Å². The molecule has 1 nitrogen and oxygen atoms in total. The molecule has 78 valence electrons. The first kappa shape index (κ1) is 13.0. The maximum Gasteiger partial charge on any atom is 0.188 e. The second kappa shape index (κ2) is 10.1. The molecule has 13 heavy (non-hydrogen) atoms. The lowest BCUT2D eigenvalue weighted by atomic mass is 10.1. The van der Waals surface area contributed by atoms with Crippen LogP contribution in [-0.4, -0.2) is 11.4 Å². The van der Waals surface area contributed by atoms with Gasteiger partial charge in [-0.25, -0.2) is 0 Å². The van der Waals surface area contributed by atoms with Gasteiger partial charge < -0.3 is 0 Å². The normalized spacial score (nSPS) is 10.3. The number of rotatable bonds is 8. The highest BCUT2D eigenvalue weighted by Crippen LogP contribution is 2.10. The predicted octanol–water partition coefficient (Wildman–Crippen LogP) is 4.02. The number of hydrogen-bond donors (Lipinski definition) is 0. The molecule has 0 atom stereocenters. The maximum absolute atomic E-state index is 10.9. The van der Waals surface area contributed by atoms with Crippen LogP contribution in [0, 0.1) is 0 Å². The average Bonchev–Trinajstić information content (AvgIpc) is 2.16. The van der Waals surface area contributed by atoms with Crippen molar-refractivity contribution in [2.45, 2.75) is 58.3 Å². The van der Waals surface area contributed by atoms with Crippen LogP contribution in [0.25, 0.3) is 0 Å². The summed E-state index contributed by atoms with van der Waals surface area (Å²) in [5.74, 6) is 0. The third-order valence-corrected chi connectivity index (χ3v) is 2.87. The fourth-order valence-electron chi connectivity index (χ4n) is 1.33. The second-order valence-electron chi connectivity index (χ2n) is 3.45. The lowest BCUT2D eigenvalue weighted by Crippen LogP contribution is -1.89. The Bertz CT molecular complexity index is 123. The highest BCUT2D eigenvalue weighted by molar-refractivity contribution is 8.13. The van der Waals surface area contributed by atoms with Gasteiger partial charge in [0.05, 0.1) is 0 Å². The molecule has 0 saturated heterocycles. The number of carbonyl (C=O) groups is 1. The van der Waals surface area contributed by atoms with Gasteiger partial charge in [-0.3, -0.25) is 4.79 Å². The van der Waals surface area contributed by atoms with Gasteiger partial charge in [-0.05, 0) is 12.7 Å². The van der Waals surface area contributed by atoms with Gasteiger partial charge in [-0.15, -0.1) is 0 Å². The standard InChI is InChI=1S/C11H22OS/c1-3-4-5-6-7-8-9-10-11(12)13-2/h3-10H2,1-2H3. The van der Waals surface area contributed by atoms with E-state index in [4.69, 9.17) is 0 Å². The summed E-state index contributed by atoms with van der Waals surface area (Å²) in [5.41, 5.74) is 0. The van der Waals surface area contributed by atoms with E-state index in [1.54, 1.807) is 0 Å². The summed E-state index contributed by atoms with van der Waals surface area (Å²) in [6.45, 7) is 2.23. The average molecular weight is 202 g/mol. The fraction of sp³-hybridized carbons (Fsp3) is 0.909. The van der Waals surface area contributed by atoms with E-state index in [2.05, 4.69) is 6.92 Å². The van der Waals surface area contributed by atoms with E-state index in [0.717, 1.165) is 12.8 Å². The molecule has 0 N–H and O–H groups in total. The van der Waals surface area contributed by atoms with Crippen LogP contribution >= 0.6 is 11.8 Å². The first-order valence-corrected chi connectivity index (χ1v) is 6.60. The number of hydrogen-bond acceptors (Lipinski definition) is 2. The van der Waals surface area contributed by atoms with Crippen molar-refractivity contribution in [2.24, 2.45) is 0 Å². The van der Waals surface area contributed by atoms with Gasteiger partial charge in [0.15, 0.2) is 5.12 Å². The van der Waals surface area contributed by atoms with Gasteiger partial charge in [0.25, 0.3) is 0 Å². The molecular formula is C11H22OS. The van der Waals surface area contributed by atoms with Crippen LogP contribution in [0.1, 0.15) is 58.3 Å². The van der Waals surface area contributed by atoms with E-state index in [9.17, 15) is 4.79 Å². The molecular weight excluding hydrogens is 180 g/mol. The van der Waals surface area contributed by atoms with Gasteiger partial charge in [0.2, 0.25) is 0 Å². The van der Waals surface area contributed by atoms with E-state index in [0.29, 0.717) is 5.12 Å². The van der Waals surface area contributed by atoms with Crippen molar-refractivity contribution < 1.29 is 4.79 Å². The minimum Gasteiger partial charge on any atom is -0.287 e. The summed E-state index contributed by atoms with van der Waals surface area (Å²) in [4.78, 5) is 10.9. The Morgan fingerprint density at radius 1 is 1.00 bits per heavy atom. The Morgan fingerprint density at radius 3 is 2.08 bits per heavy atom. The van der Waals surface area contributed by atoms with Crippen molar-refractivity contribution in [3.63, 3.8) is 0 Å². The molecule has 0 bridgehead atoms. The molecule has 0 saturated carbocycles. The summed E-state index contributed by atoms with van der Waals surface area (Å²) in [6.07, 6.45) is 11.7. The predicted molar refractivity (Wildman–Crippen MR) is 61.1 cm³/mol. The molecule has 0 aromatic rings. The van der Waals surface area contributed by atoms with E-state index >= 15 is 0 Å². The zero-order chi connectivity index (χ0) is 9.94. The van der Waals surface area contributed by atoms with E-state index < -0.39 is 0 Å². The molecule has 0 spiro atoms. The summed E-state index contributed by atoms with van der Waals surface area (Å²) >= 11 is 1.36. The van der Waals surface area contributed by atoms with Crippen molar-refractivity contribution in [1.29, 1.82) is 0 Å². The third-order valence-electron chi connectivity index (χ3n) is 2.21. The quantitative estimate of drug-likeness (QED) is 0.553. The maximum atomic E-state index is 10.9. The number of unbranched alkanes of at least 4 members (excludes halogenated alkanes) is 6. The van der Waals surface area contributed by atoms with E-state index in [1.165, 1.54) is 50.3 Å². The Labute approximate surface area is 86.7 Å². The Kier molecular flexibility index (Phi) is 10.1. The first-order chi connectivity index (χ1) is 6.31. The van der Waals surface area contributed by atoms with E-state index in [1.807, 2.05) is 6.26 Å². The first-order valence-electron chi connectivity index (χ1n) is 5.38. The van der Waals surface area contributed by atoms with Crippen LogP contribution in [0.15, 0.2) is 0 Å². The van der Waals surface area contributed by atoms with Gasteiger partial charge in [-0.1, -0.05) is 57.2 Å². The minimum atomic E-state index is 0.341. The molecule has 0 unspecified atom stereocenters. The molecule has 0 heterocycles. The molecule has 0 rings (SSSR count). The second-order valence-corrected chi connectivity index (χ2v) is 4.31. The molecule has 0 amide bonds. The topological polar surface area (TPSA) is 17.1 Å². The Morgan fingerprint density at radius 2 is 1.54 bits per heavy atom. The van der Waals surface area contributed by atoms with Crippen LogP contribution in [-0.2, 0) is 4.79 Å². The van der Waals surface area contributed by atoms with Crippen molar-refractivity contribution in [3.05, 3.63) is 0 Å².